The first-order chi connectivity index (χ1) is 7.43. The lowest BCUT2D eigenvalue weighted by Gasteiger charge is -2.43. The van der Waals surface area contributed by atoms with Crippen molar-refractivity contribution in [3.63, 3.8) is 0 Å². The molecule has 1 aliphatic carbocycles. The highest BCUT2D eigenvalue weighted by molar-refractivity contribution is 4.94. The highest BCUT2D eigenvalue weighted by atomic mass is 16.5. The number of ether oxygens (including phenoxy) is 1. The molecule has 94 valence electrons. The molecule has 1 saturated carbocycles. The van der Waals surface area contributed by atoms with Crippen molar-refractivity contribution in [2.45, 2.75) is 71.0 Å². The summed E-state index contributed by atoms with van der Waals surface area (Å²) in [5, 5.41) is 10.4. The normalized spacial score (nSPS) is 31.9. The van der Waals surface area contributed by atoms with Crippen LogP contribution in [0.2, 0.25) is 0 Å². The summed E-state index contributed by atoms with van der Waals surface area (Å²) in [5.41, 5.74) is 0.136. The van der Waals surface area contributed by atoms with Gasteiger partial charge in [-0.2, -0.15) is 0 Å². The van der Waals surface area contributed by atoms with Gasteiger partial charge in [0.05, 0.1) is 11.7 Å². The molecule has 1 aliphatic heterocycles. The molecule has 2 heteroatoms. The quantitative estimate of drug-likeness (QED) is 0.744. The molecule has 2 rings (SSSR count). The third kappa shape index (κ3) is 2.43. The van der Waals surface area contributed by atoms with Gasteiger partial charge in [0.2, 0.25) is 0 Å². The molecule has 2 nitrogen and oxygen atoms in total. The summed E-state index contributed by atoms with van der Waals surface area (Å²) < 4.78 is 6.01. The lowest BCUT2D eigenvalue weighted by Crippen LogP contribution is -2.44. The highest BCUT2D eigenvalue weighted by Crippen LogP contribution is 2.44. The Morgan fingerprint density at radius 3 is 2.44 bits per heavy atom. The Kier molecular flexibility index (Phi) is 3.33. The molecule has 0 amide bonds. The van der Waals surface area contributed by atoms with Gasteiger partial charge in [0.1, 0.15) is 0 Å². The van der Waals surface area contributed by atoms with E-state index < -0.39 is 0 Å². The van der Waals surface area contributed by atoms with Crippen LogP contribution in [0.25, 0.3) is 0 Å². The van der Waals surface area contributed by atoms with E-state index in [-0.39, 0.29) is 17.1 Å². The first kappa shape index (κ1) is 12.4. The van der Waals surface area contributed by atoms with Gasteiger partial charge < -0.3 is 9.84 Å². The molecule has 1 heterocycles. The molecule has 16 heavy (non-hydrogen) atoms. The molecule has 0 aromatic rings. The highest BCUT2D eigenvalue weighted by Gasteiger charge is 2.43. The zero-order chi connectivity index (χ0) is 11.8. The summed E-state index contributed by atoms with van der Waals surface area (Å²) in [6, 6.07) is 0. The second kappa shape index (κ2) is 4.30. The van der Waals surface area contributed by atoms with Crippen molar-refractivity contribution < 1.29 is 9.84 Å². The van der Waals surface area contributed by atoms with Gasteiger partial charge >= 0.3 is 0 Å². The van der Waals surface area contributed by atoms with E-state index in [4.69, 9.17) is 4.74 Å². The Balaban J connectivity index is 2.01. The standard InChI is InChI=1S/C14H26O2/c1-13(2,3)12(15)11-6-9-16-14(10-11)7-4-5-8-14/h11-12,15H,4-10H2,1-3H3. The third-order valence-corrected chi connectivity index (χ3v) is 4.38. The molecule has 2 fully saturated rings. The zero-order valence-electron chi connectivity index (χ0n) is 11.0. The first-order valence-corrected chi connectivity index (χ1v) is 6.75. The molecule has 2 unspecified atom stereocenters. The van der Waals surface area contributed by atoms with Gasteiger partial charge in [0.25, 0.3) is 0 Å². The van der Waals surface area contributed by atoms with E-state index in [1.807, 2.05) is 0 Å². The fourth-order valence-electron chi connectivity index (χ4n) is 3.41. The van der Waals surface area contributed by atoms with E-state index in [9.17, 15) is 5.11 Å². The molecule has 0 radical (unpaired) electrons. The van der Waals surface area contributed by atoms with Crippen molar-refractivity contribution in [3.05, 3.63) is 0 Å². The molecule has 1 saturated heterocycles. The molecule has 0 aromatic carbocycles. The number of hydrogen-bond acceptors (Lipinski definition) is 2. The summed E-state index contributed by atoms with van der Waals surface area (Å²) in [6.07, 6.45) is 6.94. The molecule has 2 aliphatic rings. The number of aliphatic hydroxyl groups excluding tert-OH is 1. The van der Waals surface area contributed by atoms with Crippen LogP contribution in [0.1, 0.15) is 59.3 Å². The van der Waals surface area contributed by atoms with E-state index in [0.717, 1.165) is 19.4 Å². The van der Waals surface area contributed by atoms with Gasteiger partial charge in [-0.15, -0.1) is 0 Å². The monoisotopic (exact) mass is 226 g/mol. The molecule has 0 bridgehead atoms. The van der Waals surface area contributed by atoms with Crippen LogP contribution >= 0.6 is 0 Å². The van der Waals surface area contributed by atoms with Crippen molar-refractivity contribution in [1.82, 2.24) is 0 Å². The Hall–Kier alpha value is -0.0800. The minimum Gasteiger partial charge on any atom is -0.392 e. The second-order valence-corrected chi connectivity index (χ2v) is 6.80. The second-order valence-electron chi connectivity index (χ2n) is 6.80. The van der Waals surface area contributed by atoms with Crippen LogP contribution in [0.3, 0.4) is 0 Å². The van der Waals surface area contributed by atoms with E-state index >= 15 is 0 Å². The van der Waals surface area contributed by atoms with Gasteiger partial charge in [0.15, 0.2) is 0 Å². The molecule has 2 atom stereocenters. The van der Waals surface area contributed by atoms with Crippen molar-refractivity contribution in [2.24, 2.45) is 11.3 Å². The van der Waals surface area contributed by atoms with Crippen LogP contribution in [-0.4, -0.2) is 23.4 Å². The van der Waals surface area contributed by atoms with Gasteiger partial charge in [-0.05, 0) is 37.0 Å². The van der Waals surface area contributed by atoms with E-state index in [1.165, 1.54) is 25.7 Å². The minimum absolute atomic E-state index is 0.00179. The fourth-order valence-corrected chi connectivity index (χ4v) is 3.41. The maximum atomic E-state index is 10.4. The molecule has 0 aromatic heterocycles. The van der Waals surface area contributed by atoms with Gasteiger partial charge in [-0.3, -0.25) is 0 Å². The predicted octanol–water partition coefficient (Wildman–Crippen LogP) is 3.13. The molecular formula is C14H26O2. The smallest absolute Gasteiger partial charge is 0.0686 e. The zero-order valence-corrected chi connectivity index (χ0v) is 11.0. The SMILES string of the molecule is CC(C)(C)C(O)C1CCOC2(CCCC2)C1. The predicted molar refractivity (Wildman–Crippen MR) is 65.3 cm³/mol. The third-order valence-electron chi connectivity index (χ3n) is 4.38. The summed E-state index contributed by atoms with van der Waals surface area (Å²) >= 11 is 0. The van der Waals surface area contributed by atoms with Crippen LogP contribution in [0.5, 0.6) is 0 Å². The van der Waals surface area contributed by atoms with Crippen LogP contribution in [0.15, 0.2) is 0 Å². The van der Waals surface area contributed by atoms with Gasteiger partial charge in [-0.1, -0.05) is 33.6 Å². The number of hydrogen-bond donors (Lipinski definition) is 1. The van der Waals surface area contributed by atoms with Crippen LogP contribution < -0.4 is 0 Å². The first-order valence-electron chi connectivity index (χ1n) is 6.75. The Bertz CT molecular complexity index is 236. The van der Waals surface area contributed by atoms with Crippen LogP contribution in [0.4, 0.5) is 0 Å². The van der Waals surface area contributed by atoms with Gasteiger partial charge in [-0.25, -0.2) is 0 Å². The number of aliphatic hydroxyl groups is 1. The lowest BCUT2D eigenvalue weighted by atomic mass is 9.73. The van der Waals surface area contributed by atoms with Crippen molar-refractivity contribution in [3.8, 4) is 0 Å². The maximum Gasteiger partial charge on any atom is 0.0686 e. The largest absolute Gasteiger partial charge is 0.392 e. The minimum atomic E-state index is -0.186. The van der Waals surface area contributed by atoms with E-state index in [2.05, 4.69) is 20.8 Å². The lowest BCUT2D eigenvalue weighted by molar-refractivity contribution is -0.126. The van der Waals surface area contributed by atoms with Gasteiger partial charge in [0, 0.05) is 6.61 Å². The van der Waals surface area contributed by atoms with Crippen molar-refractivity contribution in [2.75, 3.05) is 6.61 Å². The maximum absolute atomic E-state index is 10.4. The average Bonchev–Trinajstić information content (AvgIpc) is 2.64. The average molecular weight is 226 g/mol. The van der Waals surface area contributed by atoms with Crippen LogP contribution in [-0.2, 0) is 4.74 Å². The summed E-state index contributed by atoms with van der Waals surface area (Å²) in [4.78, 5) is 0. The molecule has 1 N–H and O–H groups in total. The Morgan fingerprint density at radius 2 is 1.88 bits per heavy atom. The van der Waals surface area contributed by atoms with Crippen molar-refractivity contribution in [1.29, 1.82) is 0 Å². The molecule has 1 spiro atoms. The van der Waals surface area contributed by atoms with E-state index in [1.54, 1.807) is 0 Å². The number of rotatable bonds is 1. The Morgan fingerprint density at radius 1 is 1.25 bits per heavy atom. The summed E-state index contributed by atoms with van der Waals surface area (Å²) in [7, 11) is 0. The molecular weight excluding hydrogens is 200 g/mol. The summed E-state index contributed by atoms with van der Waals surface area (Å²) in [6.45, 7) is 7.25. The van der Waals surface area contributed by atoms with Crippen LogP contribution in [0, 0.1) is 11.3 Å². The van der Waals surface area contributed by atoms with Crippen molar-refractivity contribution >= 4 is 0 Å². The van der Waals surface area contributed by atoms with E-state index in [0.29, 0.717) is 5.92 Å². The topological polar surface area (TPSA) is 29.5 Å². The summed E-state index contributed by atoms with van der Waals surface area (Å²) in [5.74, 6) is 0.437. The Labute approximate surface area is 99.4 Å². The fraction of sp³-hybridized carbons (Fsp3) is 1.00.